The Balaban J connectivity index is 0.00000625. The number of aliphatic imine (C=N–C) groups is 1. The van der Waals surface area contributed by atoms with E-state index in [1.165, 1.54) is 0 Å². The van der Waals surface area contributed by atoms with Crippen LogP contribution in [0.5, 0.6) is 5.75 Å². The summed E-state index contributed by atoms with van der Waals surface area (Å²) in [6.07, 6.45) is 1.78. The monoisotopic (exact) mass is 498 g/mol. The predicted octanol–water partition coefficient (Wildman–Crippen LogP) is 1.87. The number of hydrogen-bond acceptors (Lipinski definition) is 4. The van der Waals surface area contributed by atoms with Crippen LogP contribution in [0.4, 0.5) is 0 Å². The van der Waals surface area contributed by atoms with Gasteiger partial charge < -0.3 is 15.4 Å². The first-order valence-electron chi connectivity index (χ1n) is 8.50. The Morgan fingerprint density at radius 1 is 1.27 bits per heavy atom. The Morgan fingerprint density at radius 3 is 2.62 bits per heavy atom. The third kappa shape index (κ3) is 12.3. The number of ether oxygens (including phenoxy) is 1. The smallest absolute Gasteiger partial charge is 0.208 e. The third-order valence-electron chi connectivity index (χ3n) is 3.19. The molecule has 0 radical (unpaired) electrons. The van der Waals surface area contributed by atoms with Crippen LogP contribution in [0.15, 0.2) is 29.3 Å². The molecule has 0 aromatic heterocycles. The van der Waals surface area contributed by atoms with Crippen LogP contribution >= 0.6 is 24.0 Å². The third-order valence-corrected chi connectivity index (χ3v) is 3.92. The fourth-order valence-electron chi connectivity index (χ4n) is 2.07. The number of benzene rings is 1. The second kappa shape index (κ2) is 13.2. The van der Waals surface area contributed by atoms with Crippen molar-refractivity contribution in [3.63, 3.8) is 0 Å². The lowest BCUT2D eigenvalue weighted by molar-refractivity contribution is 0.230. The van der Waals surface area contributed by atoms with Crippen LogP contribution in [0.25, 0.3) is 0 Å². The molecule has 1 atom stereocenters. The highest BCUT2D eigenvalue weighted by Crippen LogP contribution is 2.14. The lowest BCUT2D eigenvalue weighted by Gasteiger charge is -2.15. The number of rotatable bonds is 10. The molecule has 0 heterocycles. The molecule has 150 valence electrons. The van der Waals surface area contributed by atoms with Gasteiger partial charge in [0.05, 0.1) is 12.8 Å². The summed E-state index contributed by atoms with van der Waals surface area (Å²) < 4.78 is 30.3. The molecule has 7 nitrogen and oxygen atoms in total. The maximum atomic E-state index is 11.0. The molecule has 1 aromatic carbocycles. The molecule has 1 unspecified atom stereocenters. The van der Waals surface area contributed by atoms with Crippen molar-refractivity contribution in [1.29, 1.82) is 0 Å². The predicted molar refractivity (Wildman–Crippen MR) is 118 cm³/mol. The standard InChI is InChI=1S/C17H30N4O3S.HI/c1-5-18-17(19-10-7-11-21-25(4,22)23)20-13-15(3)24-16-9-6-8-14(2)12-16;/h6,8-9,12,15,21H,5,7,10-11,13H2,1-4H3,(H2,18,19,20);1H. The van der Waals surface area contributed by atoms with Crippen molar-refractivity contribution in [2.45, 2.75) is 33.3 Å². The number of guanidine groups is 1. The van der Waals surface area contributed by atoms with Gasteiger partial charge >= 0.3 is 0 Å². The van der Waals surface area contributed by atoms with E-state index in [2.05, 4.69) is 20.3 Å². The van der Waals surface area contributed by atoms with Crippen LogP contribution < -0.4 is 20.1 Å². The maximum absolute atomic E-state index is 11.0. The minimum Gasteiger partial charge on any atom is -0.489 e. The Kier molecular flexibility index (Phi) is 12.6. The van der Waals surface area contributed by atoms with E-state index in [0.717, 1.165) is 24.1 Å². The van der Waals surface area contributed by atoms with Crippen molar-refractivity contribution in [2.24, 2.45) is 4.99 Å². The molecule has 1 rings (SSSR count). The summed E-state index contributed by atoms with van der Waals surface area (Å²) in [6, 6.07) is 7.93. The van der Waals surface area contributed by atoms with E-state index in [1.54, 1.807) is 0 Å². The zero-order chi connectivity index (χ0) is 18.7. The lowest BCUT2D eigenvalue weighted by Crippen LogP contribution is -2.39. The molecule has 9 heteroatoms. The molecule has 0 spiro atoms. The second-order valence-corrected chi connectivity index (χ2v) is 7.74. The summed E-state index contributed by atoms with van der Waals surface area (Å²) in [4.78, 5) is 4.51. The quantitative estimate of drug-likeness (QED) is 0.198. The van der Waals surface area contributed by atoms with E-state index in [-0.39, 0.29) is 30.1 Å². The molecule has 0 aliphatic heterocycles. The number of nitrogens with zero attached hydrogens (tertiary/aromatic N) is 1. The fourth-order valence-corrected chi connectivity index (χ4v) is 2.59. The topological polar surface area (TPSA) is 91.8 Å². The van der Waals surface area contributed by atoms with Gasteiger partial charge in [-0.1, -0.05) is 12.1 Å². The summed E-state index contributed by atoms with van der Waals surface area (Å²) in [5.41, 5.74) is 1.16. The van der Waals surface area contributed by atoms with Crippen molar-refractivity contribution in [3.8, 4) is 5.75 Å². The van der Waals surface area contributed by atoms with Gasteiger partial charge in [0, 0.05) is 19.6 Å². The Morgan fingerprint density at radius 2 is 2.00 bits per heavy atom. The zero-order valence-electron chi connectivity index (χ0n) is 15.9. The summed E-state index contributed by atoms with van der Waals surface area (Å²) in [7, 11) is -3.13. The van der Waals surface area contributed by atoms with E-state index in [9.17, 15) is 8.42 Å². The van der Waals surface area contributed by atoms with Crippen LogP contribution in [0.2, 0.25) is 0 Å². The van der Waals surface area contributed by atoms with Crippen LogP contribution in [0.1, 0.15) is 25.8 Å². The van der Waals surface area contributed by atoms with Gasteiger partial charge in [0.2, 0.25) is 10.0 Å². The molecule has 0 saturated carbocycles. The van der Waals surface area contributed by atoms with Gasteiger partial charge in [0.15, 0.2) is 5.96 Å². The van der Waals surface area contributed by atoms with E-state index in [4.69, 9.17) is 4.74 Å². The maximum Gasteiger partial charge on any atom is 0.208 e. The van der Waals surface area contributed by atoms with Gasteiger partial charge in [-0.3, -0.25) is 0 Å². The molecule has 0 aliphatic carbocycles. The highest BCUT2D eigenvalue weighted by Gasteiger charge is 2.05. The Hall–Kier alpha value is -1.07. The van der Waals surface area contributed by atoms with Gasteiger partial charge in [-0.25, -0.2) is 18.1 Å². The van der Waals surface area contributed by atoms with Gasteiger partial charge in [0.25, 0.3) is 0 Å². The van der Waals surface area contributed by atoms with E-state index in [1.807, 2.05) is 45.0 Å². The Labute approximate surface area is 174 Å². The molecule has 3 N–H and O–H groups in total. The molecular weight excluding hydrogens is 467 g/mol. The molecule has 0 bridgehead atoms. The fraction of sp³-hybridized carbons (Fsp3) is 0.588. The SMILES string of the molecule is CCNC(=NCC(C)Oc1cccc(C)c1)NCCCNS(C)(=O)=O.I. The van der Waals surface area contributed by atoms with E-state index in [0.29, 0.717) is 32.0 Å². The first-order chi connectivity index (χ1) is 11.8. The van der Waals surface area contributed by atoms with Crippen molar-refractivity contribution in [2.75, 3.05) is 32.4 Å². The molecule has 0 aliphatic rings. The average molecular weight is 498 g/mol. The average Bonchev–Trinajstić information content (AvgIpc) is 2.51. The minimum atomic E-state index is -3.13. The van der Waals surface area contributed by atoms with Gasteiger partial charge in [-0.2, -0.15) is 0 Å². The van der Waals surface area contributed by atoms with Crippen molar-refractivity contribution in [1.82, 2.24) is 15.4 Å². The number of aryl methyl sites for hydroxylation is 1. The van der Waals surface area contributed by atoms with E-state index < -0.39 is 10.0 Å². The summed E-state index contributed by atoms with van der Waals surface area (Å²) in [6.45, 7) is 8.30. The zero-order valence-corrected chi connectivity index (χ0v) is 19.1. The highest BCUT2D eigenvalue weighted by molar-refractivity contribution is 14.0. The normalized spacial score (nSPS) is 12.8. The first kappa shape index (κ1) is 24.9. The molecule has 26 heavy (non-hydrogen) atoms. The largest absolute Gasteiger partial charge is 0.489 e. The molecule has 1 aromatic rings. The van der Waals surface area contributed by atoms with Crippen molar-refractivity contribution < 1.29 is 13.2 Å². The van der Waals surface area contributed by atoms with Gasteiger partial charge in [0.1, 0.15) is 11.9 Å². The second-order valence-electron chi connectivity index (χ2n) is 5.91. The van der Waals surface area contributed by atoms with Crippen LogP contribution in [-0.2, 0) is 10.0 Å². The molecule has 0 saturated heterocycles. The van der Waals surface area contributed by atoms with Crippen LogP contribution in [0.3, 0.4) is 0 Å². The molecule has 0 amide bonds. The number of nitrogens with one attached hydrogen (secondary N) is 3. The molecular formula is C17H31IN4O3S. The van der Waals surface area contributed by atoms with Crippen LogP contribution in [-0.4, -0.2) is 52.9 Å². The number of halogens is 1. The number of hydrogen-bond donors (Lipinski definition) is 3. The lowest BCUT2D eigenvalue weighted by atomic mass is 10.2. The van der Waals surface area contributed by atoms with E-state index >= 15 is 0 Å². The van der Waals surface area contributed by atoms with Crippen molar-refractivity contribution >= 4 is 40.0 Å². The number of sulfonamides is 1. The first-order valence-corrected chi connectivity index (χ1v) is 10.4. The van der Waals surface area contributed by atoms with Gasteiger partial charge in [-0.05, 0) is 44.9 Å². The Bertz CT molecular complexity index is 653. The summed E-state index contributed by atoms with van der Waals surface area (Å²) in [5, 5.41) is 6.35. The minimum absolute atomic E-state index is 0. The highest BCUT2D eigenvalue weighted by atomic mass is 127. The summed E-state index contributed by atoms with van der Waals surface area (Å²) in [5.74, 6) is 1.54. The van der Waals surface area contributed by atoms with Crippen LogP contribution in [0, 0.1) is 6.92 Å². The molecule has 0 fully saturated rings. The van der Waals surface area contributed by atoms with Gasteiger partial charge in [-0.15, -0.1) is 24.0 Å². The van der Waals surface area contributed by atoms with Crippen molar-refractivity contribution in [3.05, 3.63) is 29.8 Å². The summed E-state index contributed by atoms with van der Waals surface area (Å²) >= 11 is 0.